The Morgan fingerprint density at radius 3 is 2.50 bits per heavy atom. The zero-order chi connectivity index (χ0) is 18.8. The van der Waals surface area contributed by atoms with E-state index in [1.165, 1.54) is 5.56 Å². The molecule has 0 spiro atoms. The second-order valence-corrected chi connectivity index (χ2v) is 6.90. The molecule has 0 radical (unpaired) electrons. The van der Waals surface area contributed by atoms with Crippen molar-refractivity contribution in [3.05, 3.63) is 75.5 Å². The highest BCUT2D eigenvalue weighted by Crippen LogP contribution is 2.23. The fourth-order valence-electron chi connectivity index (χ4n) is 2.81. The maximum Gasteiger partial charge on any atom is 0.256 e. The smallest absolute Gasteiger partial charge is 0.256 e. The van der Waals surface area contributed by atoms with Crippen LogP contribution in [0.3, 0.4) is 0 Å². The number of furan rings is 1. The number of aryl methyl sites for hydroxylation is 3. The van der Waals surface area contributed by atoms with Crippen molar-refractivity contribution in [1.29, 1.82) is 0 Å². The minimum Gasteiger partial charge on any atom is -0.464 e. The van der Waals surface area contributed by atoms with E-state index in [-0.39, 0.29) is 11.9 Å². The summed E-state index contributed by atoms with van der Waals surface area (Å²) in [5.74, 6) is 1.25. The van der Waals surface area contributed by atoms with Crippen molar-refractivity contribution in [2.24, 2.45) is 0 Å². The molecule has 1 aromatic carbocycles. The van der Waals surface area contributed by atoms with Crippen LogP contribution in [0.2, 0.25) is 5.15 Å². The first kappa shape index (κ1) is 18.3. The predicted molar refractivity (Wildman–Crippen MR) is 102 cm³/mol. The lowest BCUT2D eigenvalue weighted by Crippen LogP contribution is -2.27. The van der Waals surface area contributed by atoms with Crippen molar-refractivity contribution in [1.82, 2.24) is 15.1 Å². The quantitative estimate of drug-likeness (QED) is 0.713. The Morgan fingerprint density at radius 1 is 1.19 bits per heavy atom. The molecular formula is C20H22ClN3O2. The molecule has 3 aromatic rings. The van der Waals surface area contributed by atoms with E-state index in [4.69, 9.17) is 16.0 Å². The molecule has 2 aromatic heterocycles. The topological polar surface area (TPSA) is 60.1 Å². The van der Waals surface area contributed by atoms with Gasteiger partial charge in [-0.25, -0.2) is 4.68 Å². The lowest BCUT2D eigenvalue weighted by molar-refractivity contribution is 0.0934. The summed E-state index contributed by atoms with van der Waals surface area (Å²) in [6, 6.07) is 11.6. The minimum absolute atomic E-state index is 0.257. The van der Waals surface area contributed by atoms with Gasteiger partial charge >= 0.3 is 0 Å². The van der Waals surface area contributed by atoms with E-state index in [2.05, 4.69) is 10.4 Å². The Balaban J connectivity index is 1.78. The monoisotopic (exact) mass is 371 g/mol. The molecule has 26 heavy (non-hydrogen) atoms. The van der Waals surface area contributed by atoms with Crippen molar-refractivity contribution in [3.63, 3.8) is 0 Å². The molecule has 0 bridgehead atoms. The Labute approximate surface area is 158 Å². The maximum absolute atomic E-state index is 12.7. The van der Waals surface area contributed by atoms with Gasteiger partial charge in [-0.15, -0.1) is 0 Å². The van der Waals surface area contributed by atoms with E-state index in [0.29, 0.717) is 28.7 Å². The Bertz CT molecular complexity index is 925. The van der Waals surface area contributed by atoms with Crippen molar-refractivity contribution in [3.8, 4) is 0 Å². The van der Waals surface area contributed by atoms with Gasteiger partial charge in [-0.2, -0.15) is 5.10 Å². The summed E-state index contributed by atoms with van der Waals surface area (Å²) in [6.07, 6.45) is 0. The molecular weight excluding hydrogens is 350 g/mol. The van der Waals surface area contributed by atoms with Gasteiger partial charge in [0.25, 0.3) is 5.91 Å². The van der Waals surface area contributed by atoms with Crippen LogP contribution >= 0.6 is 11.6 Å². The van der Waals surface area contributed by atoms with Gasteiger partial charge in [0.2, 0.25) is 0 Å². The molecule has 6 heteroatoms. The lowest BCUT2D eigenvalue weighted by Gasteiger charge is -2.11. The average molecular weight is 372 g/mol. The van der Waals surface area contributed by atoms with Crippen LogP contribution in [0.15, 0.2) is 40.8 Å². The van der Waals surface area contributed by atoms with Crippen LogP contribution in [-0.4, -0.2) is 15.7 Å². The van der Waals surface area contributed by atoms with Gasteiger partial charge in [0.05, 0.1) is 23.8 Å². The number of halogens is 1. The zero-order valence-corrected chi connectivity index (χ0v) is 16.1. The first-order valence-electron chi connectivity index (χ1n) is 8.51. The molecule has 1 N–H and O–H groups in total. The molecule has 1 atom stereocenters. The summed E-state index contributed by atoms with van der Waals surface area (Å²) in [5, 5.41) is 7.69. The molecule has 1 amide bonds. The second-order valence-electron chi connectivity index (χ2n) is 6.54. The molecule has 3 rings (SSSR count). The molecule has 2 heterocycles. The van der Waals surface area contributed by atoms with Crippen LogP contribution in [0, 0.1) is 20.8 Å². The molecule has 0 aliphatic heterocycles. The zero-order valence-electron chi connectivity index (χ0n) is 15.3. The molecule has 1 unspecified atom stereocenters. The second kappa shape index (κ2) is 7.38. The van der Waals surface area contributed by atoms with Gasteiger partial charge < -0.3 is 9.73 Å². The third kappa shape index (κ3) is 3.83. The number of nitrogens with one attached hydrogen (secondary N) is 1. The van der Waals surface area contributed by atoms with Crippen molar-refractivity contribution < 1.29 is 9.21 Å². The van der Waals surface area contributed by atoms with Gasteiger partial charge in [-0.1, -0.05) is 41.4 Å². The van der Waals surface area contributed by atoms with Crippen molar-refractivity contribution in [2.45, 2.75) is 40.3 Å². The third-order valence-corrected chi connectivity index (χ3v) is 4.67. The van der Waals surface area contributed by atoms with Crippen molar-refractivity contribution in [2.75, 3.05) is 0 Å². The average Bonchev–Trinajstić information content (AvgIpc) is 3.13. The van der Waals surface area contributed by atoms with Crippen LogP contribution < -0.4 is 5.32 Å². The Kier molecular flexibility index (Phi) is 5.18. The van der Waals surface area contributed by atoms with Gasteiger partial charge in [-0.05, 0) is 45.4 Å². The van der Waals surface area contributed by atoms with Crippen LogP contribution in [0.25, 0.3) is 0 Å². The van der Waals surface area contributed by atoms with E-state index in [9.17, 15) is 4.79 Å². The normalized spacial score (nSPS) is 12.2. The number of hydrogen-bond donors (Lipinski definition) is 1. The molecule has 5 nitrogen and oxygen atoms in total. The number of carbonyl (C=O) groups is 1. The summed E-state index contributed by atoms with van der Waals surface area (Å²) in [5.41, 5.74) is 3.27. The van der Waals surface area contributed by atoms with Crippen LogP contribution in [0.1, 0.15) is 51.7 Å². The van der Waals surface area contributed by atoms with E-state index in [1.54, 1.807) is 11.6 Å². The first-order chi connectivity index (χ1) is 12.3. The Hall–Kier alpha value is -2.53. The van der Waals surface area contributed by atoms with E-state index in [0.717, 1.165) is 11.3 Å². The number of nitrogens with zero attached hydrogens (tertiary/aromatic N) is 2. The highest BCUT2D eigenvalue weighted by Gasteiger charge is 2.22. The van der Waals surface area contributed by atoms with Crippen LogP contribution in [0.4, 0.5) is 0 Å². The van der Waals surface area contributed by atoms with E-state index in [1.807, 2.05) is 57.2 Å². The largest absolute Gasteiger partial charge is 0.464 e. The number of amides is 1. The van der Waals surface area contributed by atoms with Gasteiger partial charge in [0.15, 0.2) is 0 Å². The maximum atomic E-state index is 12.7. The third-order valence-electron chi connectivity index (χ3n) is 4.28. The SMILES string of the molecule is Cc1ccc(Cn2nc(C)c(C(=O)NC(C)c3ccc(C)o3)c2Cl)cc1. The minimum atomic E-state index is -0.260. The standard InChI is InChI=1S/C20H22ClN3O2/c1-12-5-8-16(9-6-12)11-24-19(21)18(15(4)23-24)20(25)22-14(3)17-10-7-13(2)26-17/h5-10,14H,11H2,1-4H3,(H,22,25). The van der Waals surface area contributed by atoms with Crippen LogP contribution in [0.5, 0.6) is 0 Å². The van der Waals surface area contributed by atoms with Crippen LogP contribution in [-0.2, 0) is 6.54 Å². The van der Waals surface area contributed by atoms with Gasteiger partial charge in [0.1, 0.15) is 16.7 Å². The summed E-state index contributed by atoms with van der Waals surface area (Å²) in [4.78, 5) is 12.7. The van der Waals surface area contributed by atoms with Crippen molar-refractivity contribution >= 4 is 17.5 Å². The lowest BCUT2D eigenvalue weighted by atomic mass is 10.1. The highest BCUT2D eigenvalue weighted by atomic mass is 35.5. The summed E-state index contributed by atoms with van der Waals surface area (Å²) < 4.78 is 7.22. The van der Waals surface area contributed by atoms with E-state index < -0.39 is 0 Å². The fourth-order valence-corrected chi connectivity index (χ4v) is 3.13. The first-order valence-corrected chi connectivity index (χ1v) is 8.88. The number of hydrogen-bond acceptors (Lipinski definition) is 3. The highest BCUT2D eigenvalue weighted by molar-refractivity contribution is 6.33. The molecule has 0 aliphatic carbocycles. The molecule has 0 saturated heterocycles. The van der Waals surface area contributed by atoms with E-state index >= 15 is 0 Å². The fraction of sp³-hybridized carbons (Fsp3) is 0.300. The summed E-state index contributed by atoms with van der Waals surface area (Å²) in [7, 11) is 0. The van der Waals surface area contributed by atoms with Gasteiger partial charge in [-0.3, -0.25) is 4.79 Å². The molecule has 0 saturated carbocycles. The molecule has 0 fully saturated rings. The molecule has 0 aliphatic rings. The summed E-state index contributed by atoms with van der Waals surface area (Å²) in [6.45, 7) is 8.08. The number of aromatic nitrogens is 2. The Morgan fingerprint density at radius 2 is 1.88 bits per heavy atom. The number of benzene rings is 1. The number of rotatable bonds is 5. The molecule has 136 valence electrons. The summed E-state index contributed by atoms with van der Waals surface area (Å²) >= 11 is 6.46. The number of carbonyl (C=O) groups excluding carboxylic acids is 1. The predicted octanol–water partition coefficient (Wildman–Crippen LogP) is 4.59. The van der Waals surface area contributed by atoms with Gasteiger partial charge in [0, 0.05) is 0 Å².